The summed E-state index contributed by atoms with van der Waals surface area (Å²) >= 11 is 13.1. The number of nitrogens with one attached hydrogen (secondary N) is 1. The molecule has 4 heteroatoms. The van der Waals surface area contributed by atoms with Crippen LogP contribution < -0.4 is 5.32 Å². The van der Waals surface area contributed by atoms with Crippen molar-refractivity contribution in [2.45, 2.75) is 13.0 Å². The number of halogens is 2. The molecule has 1 aromatic heterocycles. The Morgan fingerprint density at radius 3 is 2.77 bits per heavy atom. The quantitative estimate of drug-likeness (QED) is 0.791. The summed E-state index contributed by atoms with van der Waals surface area (Å²) in [4.78, 5) is 0. The monoisotopic (exact) mass is 233 g/mol. The summed E-state index contributed by atoms with van der Waals surface area (Å²) in [6.45, 7) is 2.80. The summed E-state index contributed by atoms with van der Waals surface area (Å²) in [6.07, 6.45) is 5.36. The second-order valence-corrected chi connectivity index (χ2v) is 4.72. The van der Waals surface area contributed by atoms with Crippen LogP contribution in [-0.2, 0) is 0 Å². The van der Waals surface area contributed by atoms with Crippen molar-refractivity contribution in [3.05, 3.63) is 20.3 Å². The first-order valence-electron chi connectivity index (χ1n) is 3.83. The molecule has 1 N–H and O–H groups in total. The van der Waals surface area contributed by atoms with Crippen molar-refractivity contribution in [1.82, 2.24) is 5.32 Å². The van der Waals surface area contributed by atoms with Gasteiger partial charge in [-0.1, -0.05) is 36.0 Å². The molecule has 1 nitrogen and oxygen atoms in total. The predicted octanol–water partition coefficient (Wildman–Crippen LogP) is 3.34. The molecule has 0 aromatic carbocycles. The number of terminal acetylenes is 1. The molecule has 0 radical (unpaired) electrons. The molecule has 0 amide bonds. The van der Waals surface area contributed by atoms with Gasteiger partial charge in [0.05, 0.1) is 10.4 Å². The summed E-state index contributed by atoms with van der Waals surface area (Å²) in [7, 11) is 0. The normalized spacial score (nSPS) is 12.5. The van der Waals surface area contributed by atoms with Gasteiger partial charge in [0, 0.05) is 5.56 Å². The fourth-order valence-corrected chi connectivity index (χ4v) is 2.54. The summed E-state index contributed by atoms with van der Waals surface area (Å²) < 4.78 is 1.33. The molecule has 0 fully saturated rings. The van der Waals surface area contributed by atoms with Crippen LogP contribution >= 0.6 is 34.5 Å². The van der Waals surface area contributed by atoms with Crippen molar-refractivity contribution < 1.29 is 0 Å². The summed E-state index contributed by atoms with van der Waals surface area (Å²) in [6, 6.07) is 1.67. The largest absolute Gasteiger partial charge is 0.300 e. The molecule has 0 aliphatic carbocycles. The third kappa shape index (κ3) is 2.62. The van der Waals surface area contributed by atoms with Gasteiger partial charge >= 0.3 is 0 Å². The number of rotatable bonds is 3. The van der Waals surface area contributed by atoms with Gasteiger partial charge in [-0.05, 0) is 12.6 Å². The van der Waals surface area contributed by atoms with E-state index in [1.165, 1.54) is 11.3 Å². The van der Waals surface area contributed by atoms with E-state index in [0.717, 1.165) is 12.1 Å². The maximum Gasteiger partial charge on any atom is 0.100 e. The van der Waals surface area contributed by atoms with Gasteiger partial charge < -0.3 is 5.32 Å². The highest BCUT2D eigenvalue weighted by molar-refractivity contribution is 7.20. The van der Waals surface area contributed by atoms with E-state index in [-0.39, 0.29) is 6.04 Å². The Balaban J connectivity index is 2.92. The van der Waals surface area contributed by atoms with Crippen LogP contribution in [0.15, 0.2) is 6.07 Å². The predicted molar refractivity (Wildman–Crippen MR) is 59.6 cm³/mol. The lowest BCUT2D eigenvalue weighted by Crippen LogP contribution is -2.18. The van der Waals surface area contributed by atoms with Crippen LogP contribution in [0.1, 0.15) is 18.5 Å². The van der Waals surface area contributed by atoms with Crippen molar-refractivity contribution in [2.24, 2.45) is 0 Å². The van der Waals surface area contributed by atoms with E-state index in [0.29, 0.717) is 8.67 Å². The molecular weight excluding hydrogens is 225 g/mol. The van der Waals surface area contributed by atoms with Gasteiger partial charge in [0.15, 0.2) is 0 Å². The van der Waals surface area contributed by atoms with Crippen molar-refractivity contribution in [3.63, 3.8) is 0 Å². The van der Waals surface area contributed by atoms with E-state index in [4.69, 9.17) is 29.6 Å². The molecule has 0 saturated carbocycles. The van der Waals surface area contributed by atoms with Crippen LogP contribution in [-0.4, -0.2) is 6.54 Å². The molecule has 0 aliphatic heterocycles. The Kier molecular flexibility index (Phi) is 4.08. The molecule has 1 heterocycles. The first-order valence-corrected chi connectivity index (χ1v) is 5.40. The Bertz CT molecular complexity index is 327. The third-order valence-electron chi connectivity index (χ3n) is 1.57. The Morgan fingerprint density at radius 2 is 2.38 bits per heavy atom. The van der Waals surface area contributed by atoms with Gasteiger partial charge in [-0.25, -0.2) is 0 Å². The van der Waals surface area contributed by atoms with Crippen molar-refractivity contribution in [2.75, 3.05) is 6.54 Å². The van der Waals surface area contributed by atoms with E-state index in [1.807, 2.05) is 13.0 Å². The molecule has 0 spiro atoms. The standard InChI is InChI=1S/C9H9Cl2NS/c1-3-7(12-4-2)6-5-8(10)13-9(6)11/h1,5,7,12H,4H2,2H3. The van der Waals surface area contributed by atoms with Crippen LogP contribution in [0.25, 0.3) is 0 Å². The second kappa shape index (κ2) is 4.88. The molecule has 0 bridgehead atoms. The van der Waals surface area contributed by atoms with Gasteiger partial charge in [0.1, 0.15) is 4.34 Å². The molecule has 70 valence electrons. The van der Waals surface area contributed by atoms with Crippen LogP contribution in [0.3, 0.4) is 0 Å². The zero-order valence-corrected chi connectivity index (χ0v) is 9.43. The lowest BCUT2D eigenvalue weighted by atomic mass is 10.1. The van der Waals surface area contributed by atoms with Crippen LogP contribution in [0.2, 0.25) is 8.67 Å². The van der Waals surface area contributed by atoms with E-state index < -0.39 is 0 Å². The van der Waals surface area contributed by atoms with Gasteiger partial charge in [-0.3, -0.25) is 0 Å². The molecule has 1 unspecified atom stereocenters. The van der Waals surface area contributed by atoms with E-state index in [9.17, 15) is 0 Å². The van der Waals surface area contributed by atoms with Gasteiger partial charge in [0.25, 0.3) is 0 Å². The Morgan fingerprint density at radius 1 is 1.69 bits per heavy atom. The van der Waals surface area contributed by atoms with Crippen molar-refractivity contribution in [1.29, 1.82) is 0 Å². The lowest BCUT2D eigenvalue weighted by Gasteiger charge is -2.09. The average molecular weight is 234 g/mol. The highest BCUT2D eigenvalue weighted by Crippen LogP contribution is 2.34. The summed E-state index contributed by atoms with van der Waals surface area (Å²) in [5.41, 5.74) is 0.890. The minimum absolute atomic E-state index is 0.138. The minimum atomic E-state index is -0.138. The SMILES string of the molecule is C#CC(NCC)c1cc(Cl)sc1Cl. The van der Waals surface area contributed by atoms with Crippen LogP contribution in [0, 0.1) is 12.3 Å². The number of hydrogen-bond donors (Lipinski definition) is 1. The van der Waals surface area contributed by atoms with E-state index in [2.05, 4.69) is 11.2 Å². The van der Waals surface area contributed by atoms with Gasteiger partial charge in [-0.2, -0.15) is 0 Å². The van der Waals surface area contributed by atoms with E-state index >= 15 is 0 Å². The topological polar surface area (TPSA) is 12.0 Å². The zero-order chi connectivity index (χ0) is 9.84. The first-order chi connectivity index (χ1) is 6.19. The zero-order valence-electron chi connectivity index (χ0n) is 7.10. The number of thiophene rings is 1. The third-order valence-corrected chi connectivity index (χ3v) is 3.09. The Labute approximate surface area is 92.1 Å². The summed E-state index contributed by atoms with van der Waals surface area (Å²) in [5, 5.41) is 3.13. The summed E-state index contributed by atoms with van der Waals surface area (Å²) in [5.74, 6) is 2.63. The molecule has 1 atom stereocenters. The van der Waals surface area contributed by atoms with Crippen molar-refractivity contribution >= 4 is 34.5 Å². The molecule has 0 aliphatic rings. The Hall–Kier alpha value is -0.200. The van der Waals surface area contributed by atoms with Gasteiger partial charge in [0.2, 0.25) is 0 Å². The molecular formula is C9H9Cl2NS. The van der Waals surface area contributed by atoms with Crippen molar-refractivity contribution in [3.8, 4) is 12.3 Å². The minimum Gasteiger partial charge on any atom is -0.300 e. The molecule has 13 heavy (non-hydrogen) atoms. The molecule has 0 saturated heterocycles. The fourth-order valence-electron chi connectivity index (χ4n) is 1.01. The lowest BCUT2D eigenvalue weighted by molar-refractivity contribution is 0.667. The first kappa shape index (κ1) is 10.9. The maximum atomic E-state index is 5.95. The second-order valence-electron chi connectivity index (χ2n) is 2.44. The fraction of sp³-hybridized carbons (Fsp3) is 0.333. The molecule has 1 rings (SSSR count). The van der Waals surface area contributed by atoms with E-state index in [1.54, 1.807) is 0 Å². The highest BCUT2D eigenvalue weighted by atomic mass is 35.5. The van der Waals surface area contributed by atoms with Gasteiger partial charge in [-0.15, -0.1) is 17.8 Å². The molecule has 1 aromatic rings. The maximum absolute atomic E-state index is 5.95. The van der Waals surface area contributed by atoms with Crippen LogP contribution in [0.4, 0.5) is 0 Å². The average Bonchev–Trinajstić information content (AvgIpc) is 2.41. The number of hydrogen-bond acceptors (Lipinski definition) is 2. The smallest absolute Gasteiger partial charge is 0.100 e. The highest BCUT2D eigenvalue weighted by Gasteiger charge is 2.13. The van der Waals surface area contributed by atoms with Crippen LogP contribution in [0.5, 0.6) is 0 Å².